The normalized spacial score (nSPS) is 17.8. The zero-order valence-corrected chi connectivity index (χ0v) is 25.7. The minimum absolute atomic E-state index is 0.0549. The number of amides is 1. The van der Waals surface area contributed by atoms with Gasteiger partial charge in [0.15, 0.2) is 15.3 Å². The summed E-state index contributed by atoms with van der Waals surface area (Å²) < 4.78 is 49.3. The lowest BCUT2D eigenvalue weighted by atomic mass is 9.87. The van der Waals surface area contributed by atoms with Crippen LogP contribution in [-0.2, 0) is 25.9 Å². The highest BCUT2D eigenvalue weighted by Gasteiger charge is 2.38. The number of rotatable bonds is 13. The molecule has 0 spiro atoms. The van der Waals surface area contributed by atoms with Gasteiger partial charge in [-0.15, -0.1) is 0 Å². The Hall–Kier alpha value is -4.06. The highest BCUT2D eigenvalue weighted by atomic mass is 32.2. The number of hydrogen-bond donors (Lipinski definition) is 2. The molecule has 4 aromatic rings. The van der Waals surface area contributed by atoms with Gasteiger partial charge in [-0.05, 0) is 47.7 Å². The van der Waals surface area contributed by atoms with Gasteiger partial charge in [0, 0.05) is 36.2 Å². The first kappa shape index (κ1) is 31.4. The number of H-pyrrole nitrogens is 1. The van der Waals surface area contributed by atoms with Crippen LogP contribution in [-0.4, -0.2) is 75.3 Å². The van der Waals surface area contributed by atoms with Crippen LogP contribution in [0.4, 0.5) is 4.79 Å². The third-order valence-corrected chi connectivity index (χ3v) is 8.92. The predicted molar refractivity (Wildman–Crippen MR) is 167 cm³/mol. The van der Waals surface area contributed by atoms with Crippen molar-refractivity contribution in [1.29, 1.82) is 0 Å². The lowest BCUT2D eigenvalue weighted by Gasteiger charge is -2.38. The van der Waals surface area contributed by atoms with Gasteiger partial charge in [0.05, 0.1) is 45.3 Å². The largest absolute Gasteiger partial charge is 0.496 e. The maximum absolute atomic E-state index is 12.9. The van der Waals surface area contributed by atoms with E-state index in [2.05, 4.69) is 4.98 Å². The summed E-state index contributed by atoms with van der Waals surface area (Å²) in [6.45, 7) is 1.86. The first-order valence-electron chi connectivity index (χ1n) is 14.5. The Morgan fingerprint density at radius 3 is 2.52 bits per heavy atom. The number of benzene rings is 3. The summed E-state index contributed by atoms with van der Waals surface area (Å²) in [4.78, 5) is 16.3. The average Bonchev–Trinajstić information content (AvgIpc) is 3.45. The maximum atomic E-state index is 12.9. The molecular formula is C33H38N2O8S. The van der Waals surface area contributed by atoms with Gasteiger partial charge < -0.3 is 33.9 Å². The number of fused-ring (bicyclic) bond motifs is 1. The van der Waals surface area contributed by atoms with Gasteiger partial charge in [-0.2, -0.15) is 0 Å². The van der Waals surface area contributed by atoms with Gasteiger partial charge in [0.25, 0.3) is 0 Å². The molecule has 3 aromatic carbocycles. The number of ether oxygens (including phenoxy) is 4. The maximum Gasteiger partial charge on any atom is 0.407 e. The molecule has 1 amide bonds. The number of methoxy groups -OCH3 is 1. The molecule has 0 aliphatic carbocycles. The van der Waals surface area contributed by atoms with Gasteiger partial charge in [0.2, 0.25) is 0 Å². The molecule has 10 nitrogen and oxygen atoms in total. The summed E-state index contributed by atoms with van der Waals surface area (Å²) in [6.07, 6.45) is 0.587. The average molecular weight is 623 g/mol. The molecule has 234 valence electrons. The molecule has 0 saturated carbocycles. The lowest BCUT2D eigenvalue weighted by molar-refractivity contribution is -0.0279. The molecule has 0 radical (unpaired) electrons. The smallest absolute Gasteiger partial charge is 0.407 e. The van der Waals surface area contributed by atoms with Crippen LogP contribution in [0.5, 0.6) is 11.5 Å². The van der Waals surface area contributed by atoms with Crippen LogP contribution in [0.15, 0.2) is 78.9 Å². The second-order valence-corrected chi connectivity index (χ2v) is 13.0. The van der Waals surface area contributed by atoms with Crippen molar-refractivity contribution in [3.05, 3.63) is 95.7 Å². The third-order valence-electron chi connectivity index (χ3n) is 7.78. The van der Waals surface area contributed by atoms with Gasteiger partial charge in [-0.25, -0.2) is 13.2 Å². The van der Waals surface area contributed by atoms with Crippen molar-refractivity contribution in [3.63, 3.8) is 0 Å². The third kappa shape index (κ3) is 7.71. The second-order valence-electron chi connectivity index (χ2n) is 10.9. The summed E-state index contributed by atoms with van der Waals surface area (Å²) >= 11 is 0. The van der Waals surface area contributed by atoms with E-state index in [-0.39, 0.29) is 12.5 Å². The summed E-state index contributed by atoms with van der Waals surface area (Å²) in [5, 5.41) is 10.6. The minimum atomic E-state index is -3.71. The standard InChI is InChI=1S/C33H38N2O8S/c1-40-30-11-6-4-9-25(30)22-41-18-7-19-42-26-14-12-23(13-15-26)27-16-17-35(33(36)37)21-31(27)43-32(44(2,38)39)29-20-24-8-3-5-10-28(24)34-29/h3-6,8-15,20,27,31-32,34H,7,16-19,21-22H2,1-2H3,(H,36,37). The number of carboxylic acid groups (broad SMARTS) is 1. The molecule has 0 bridgehead atoms. The van der Waals surface area contributed by atoms with E-state index in [4.69, 9.17) is 18.9 Å². The fourth-order valence-electron chi connectivity index (χ4n) is 5.56. The van der Waals surface area contributed by atoms with Crippen LogP contribution in [0.1, 0.15) is 41.0 Å². The van der Waals surface area contributed by atoms with Crippen LogP contribution in [0.2, 0.25) is 0 Å². The zero-order chi connectivity index (χ0) is 31.1. The van der Waals surface area contributed by atoms with E-state index in [1.54, 1.807) is 13.2 Å². The van der Waals surface area contributed by atoms with E-state index in [0.29, 0.717) is 50.7 Å². The van der Waals surface area contributed by atoms with Crippen LogP contribution in [0.3, 0.4) is 0 Å². The Labute approximate surface area is 257 Å². The van der Waals surface area contributed by atoms with Crippen molar-refractivity contribution in [2.75, 3.05) is 39.7 Å². The number of piperidine rings is 1. The Morgan fingerprint density at radius 2 is 1.80 bits per heavy atom. The molecule has 1 aliphatic rings. The highest BCUT2D eigenvalue weighted by Crippen LogP contribution is 2.36. The van der Waals surface area contributed by atoms with Gasteiger partial charge >= 0.3 is 6.09 Å². The lowest BCUT2D eigenvalue weighted by Crippen LogP contribution is -2.47. The Balaban J connectivity index is 1.22. The van der Waals surface area contributed by atoms with Crippen molar-refractivity contribution in [3.8, 4) is 11.5 Å². The number of para-hydroxylation sites is 2. The first-order chi connectivity index (χ1) is 21.2. The number of aromatic nitrogens is 1. The Morgan fingerprint density at radius 1 is 1.05 bits per heavy atom. The van der Waals surface area contributed by atoms with Crippen molar-refractivity contribution >= 4 is 26.8 Å². The zero-order valence-electron chi connectivity index (χ0n) is 24.8. The molecular weight excluding hydrogens is 584 g/mol. The van der Waals surface area contributed by atoms with E-state index >= 15 is 0 Å². The van der Waals surface area contributed by atoms with Crippen LogP contribution in [0.25, 0.3) is 10.9 Å². The fraction of sp³-hybridized carbons (Fsp3) is 0.364. The van der Waals surface area contributed by atoms with Crippen LogP contribution < -0.4 is 9.47 Å². The van der Waals surface area contributed by atoms with Gasteiger partial charge in [-0.1, -0.05) is 48.5 Å². The number of sulfone groups is 1. The molecule has 2 heterocycles. The molecule has 3 unspecified atom stereocenters. The fourth-order valence-corrected chi connectivity index (χ4v) is 6.50. The van der Waals surface area contributed by atoms with E-state index in [1.165, 1.54) is 4.90 Å². The highest BCUT2D eigenvalue weighted by molar-refractivity contribution is 7.90. The Kier molecular flexibility index (Phi) is 10.1. The molecule has 3 atom stereocenters. The van der Waals surface area contributed by atoms with E-state index < -0.39 is 27.5 Å². The van der Waals surface area contributed by atoms with E-state index in [9.17, 15) is 18.3 Å². The summed E-state index contributed by atoms with van der Waals surface area (Å²) in [7, 11) is -2.07. The summed E-state index contributed by atoms with van der Waals surface area (Å²) in [6, 6.07) is 24.6. The van der Waals surface area contributed by atoms with E-state index in [0.717, 1.165) is 34.0 Å². The molecule has 1 saturated heterocycles. The number of carbonyl (C=O) groups is 1. The quantitative estimate of drug-likeness (QED) is 0.180. The van der Waals surface area contributed by atoms with E-state index in [1.807, 2.05) is 72.8 Å². The van der Waals surface area contributed by atoms with Gasteiger partial charge in [0.1, 0.15) is 11.5 Å². The van der Waals surface area contributed by atoms with Crippen LogP contribution in [0, 0.1) is 0 Å². The SMILES string of the molecule is COc1ccccc1COCCCOc1ccc(C2CCN(C(=O)O)CC2OC(c2cc3ccccc3[nH]2)S(C)(=O)=O)cc1. The minimum Gasteiger partial charge on any atom is -0.496 e. The molecule has 11 heteroatoms. The van der Waals surface area contributed by atoms with Crippen molar-refractivity contribution < 1.29 is 37.3 Å². The van der Waals surface area contributed by atoms with Crippen molar-refractivity contribution in [1.82, 2.24) is 9.88 Å². The van der Waals surface area contributed by atoms with Crippen molar-refractivity contribution in [2.45, 2.75) is 36.9 Å². The van der Waals surface area contributed by atoms with Crippen molar-refractivity contribution in [2.24, 2.45) is 0 Å². The van der Waals surface area contributed by atoms with Crippen LogP contribution >= 0.6 is 0 Å². The molecule has 1 fully saturated rings. The summed E-state index contributed by atoms with van der Waals surface area (Å²) in [5.74, 6) is 1.29. The summed E-state index contributed by atoms with van der Waals surface area (Å²) in [5.41, 5.74) is 1.86. The van der Waals surface area contributed by atoms with Gasteiger partial charge in [-0.3, -0.25) is 0 Å². The number of nitrogens with one attached hydrogen (secondary N) is 1. The molecule has 1 aliphatic heterocycles. The topological polar surface area (TPSA) is 127 Å². The number of aromatic amines is 1. The number of likely N-dealkylation sites (tertiary alicyclic amines) is 1. The molecule has 2 N–H and O–H groups in total. The molecule has 5 rings (SSSR count). The number of nitrogens with zero attached hydrogens (tertiary/aromatic N) is 1. The number of hydrogen-bond acceptors (Lipinski definition) is 7. The monoisotopic (exact) mass is 622 g/mol. The second kappa shape index (κ2) is 14.1. The molecule has 1 aromatic heterocycles. The first-order valence-corrected chi connectivity index (χ1v) is 16.5. The molecule has 44 heavy (non-hydrogen) atoms. The Bertz CT molecular complexity index is 1620. The predicted octanol–water partition coefficient (Wildman–Crippen LogP) is 5.76.